The SMILES string of the molecule is CC(=O)N[C@H]1[C@H](OCC(O)C(O)=C(O)C(O)CO)O[C@H](CO)[C@@H](O[C@@H]2O[C@H](CO)[C@H](O)[C@H](O[C@H]3O[C@H](CO)[C@H](O)[C@H](O)[C@H]3NC(C)=O)[C@H]2O[C@@H]2O[C@@H](C)[C@@H](O)[C@@H](O)[C@@H]2O)[C@@H]1O. The van der Waals surface area contributed by atoms with Crippen LogP contribution in [0.25, 0.3) is 0 Å². The molecular formula is C34H58N2O25. The highest BCUT2D eigenvalue weighted by molar-refractivity contribution is 5.73. The minimum atomic E-state index is -2.08. The first-order valence-corrected chi connectivity index (χ1v) is 19.1. The molecule has 17 N–H and O–H groups in total. The molecule has 0 bridgehead atoms. The van der Waals surface area contributed by atoms with E-state index >= 15 is 0 Å². The second-order valence-electron chi connectivity index (χ2n) is 14.9. The minimum Gasteiger partial charge on any atom is -0.506 e. The van der Waals surface area contributed by atoms with E-state index in [1.807, 2.05) is 0 Å². The summed E-state index contributed by atoms with van der Waals surface area (Å²) in [6.07, 6.45) is -36.6. The standard InChI is InChI=1S/C34H58N2O25/c1-9-19(45)26(52)27(53)33(55-9)61-30-29(60-32-17(35-10(2)41)24(50)22(48)14(5-38)56-32)23(49)15(6-39)57-34(30)59-28-16(7-40)58-31(18(25(28)51)36-11(3)42)54-8-13(44)21(47)20(46)12(43)4-37/h9,12-19,22-34,37-40,43-53H,4-8H2,1-3H3,(H,35,41)(H,36,42)/t9-,12?,13?,14+,15+,16+,17+,18+,19+,22-,23-,24+,25+,26+,27-,28+,29-,30+,31+,32+,33-,34-/m0/s1. The van der Waals surface area contributed by atoms with Crippen molar-refractivity contribution < 1.29 is 124 Å². The van der Waals surface area contributed by atoms with Gasteiger partial charge in [-0.3, -0.25) is 9.59 Å². The fourth-order valence-corrected chi connectivity index (χ4v) is 7.09. The van der Waals surface area contributed by atoms with Crippen LogP contribution in [0.1, 0.15) is 20.8 Å². The van der Waals surface area contributed by atoms with E-state index in [9.17, 15) is 81.1 Å². The van der Waals surface area contributed by atoms with Gasteiger partial charge in [-0.15, -0.1) is 0 Å². The number of aliphatic hydroxyl groups is 15. The van der Waals surface area contributed by atoms with Gasteiger partial charge in [0.15, 0.2) is 36.7 Å². The molecule has 0 saturated carbocycles. The first-order valence-electron chi connectivity index (χ1n) is 19.1. The molecule has 4 heterocycles. The molecule has 4 fully saturated rings. The Bertz CT molecular complexity index is 1450. The molecule has 27 nitrogen and oxygen atoms in total. The number of aliphatic hydroxyl groups excluding tert-OH is 15. The van der Waals surface area contributed by atoms with Crippen LogP contribution in [0.3, 0.4) is 0 Å². The van der Waals surface area contributed by atoms with Gasteiger partial charge in [-0.05, 0) is 6.92 Å². The van der Waals surface area contributed by atoms with Crippen LogP contribution in [-0.4, -0.2) is 256 Å². The predicted molar refractivity (Wildman–Crippen MR) is 191 cm³/mol. The van der Waals surface area contributed by atoms with Gasteiger partial charge in [0.05, 0.1) is 39.1 Å². The van der Waals surface area contributed by atoms with Crippen molar-refractivity contribution in [1.29, 1.82) is 0 Å². The number of ether oxygens (including phenoxy) is 8. The summed E-state index contributed by atoms with van der Waals surface area (Å²) < 4.78 is 46.5. The predicted octanol–water partition coefficient (Wildman–Crippen LogP) is -9.37. The average Bonchev–Trinajstić information content (AvgIpc) is 3.22. The summed E-state index contributed by atoms with van der Waals surface area (Å²) in [6.45, 7) is -1.48. The highest BCUT2D eigenvalue weighted by Crippen LogP contribution is 2.36. The van der Waals surface area contributed by atoms with Crippen LogP contribution in [-0.2, 0) is 47.5 Å². The van der Waals surface area contributed by atoms with Crippen molar-refractivity contribution in [3.63, 3.8) is 0 Å². The Balaban J connectivity index is 1.73. The zero-order valence-corrected chi connectivity index (χ0v) is 33.0. The van der Waals surface area contributed by atoms with Gasteiger partial charge in [0.25, 0.3) is 0 Å². The van der Waals surface area contributed by atoms with Gasteiger partial charge in [0, 0.05) is 13.8 Å². The highest BCUT2D eigenvalue weighted by atomic mass is 16.8. The van der Waals surface area contributed by atoms with Crippen LogP contribution in [0.15, 0.2) is 11.5 Å². The number of nitrogens with one attached hydrogen (secondary N) is 2. The van der Waals surface area contributed by atoms with Gasteiger partial charge < -0.3 is 125 Å². The molecule has 22 atom stereocenters. The number of rotatable bonds is 17. The molecule has 27 heteroatoms. The zero-order chi connectivity index (χ0) is 45.6. The van der Waals surface area contributed by atoms with Crippen molar-refractivity contribution in [1.82, 2.24) is 10.6 Å². The maximum atomic E-state index is 12.3. The van der Waals surface area contributed by atoms with E-state index in [0.29, 0.717) is 0 Å². The molecule has 0 radical (unpaired) electrons. The summed E-state index contributed by atoms with van der Waals surface area (Å²) in [5, 5.41) is 161. The molecule has 4 aliphatic heterocycles. The van der Waals surface area contributed by atoms with E-state index in [1.165, 1.54) is 6.92 Å². The Hall–Kier alpha value is -2.56. The topological polar surface area (TPSA) is 435 Å². The second kappa shape index (κ2) is 22.4. The molecule has 4 saturated heterocycles. The molecule has 0 aromatic heterocycles. The summed E-state index contributed by atoms with van der Waals surface area (Å²) in [7, 11) is 0. The largest absolute Gasteiger partial charge is 0.506 e. The number of carbonyl (C=O) groups excluding carboxylic acids is 2. The molecule has 2 unspecified atom stereocenters. The first kappa shape index (κ1) is 51.1. The molecule has 354 valence electrons. The van der Waals surface area contributed by atoms with Gasteiger partial charge in [-0.2, -0.15) is 0 Å². The summed E-state index contributed by atoms with van der Waals surface area (Å²) >= 11 is 0. The van der Waals surface area contributed by atoms with Crippen LogP contribution in [0, 0.1) is 0 Å². The van der Waals surface area contributed by atoms with Crippen LogP contribution in [0.5, 0.6) is 0 Å². The van der Waals surface area contributed by atoms with Gasteiger partial charge in [-0.25, -0.2) is 0 Å². The van der Waals surface area contributed by atoms with E-state index in [0.717, 1.165) is 13.8 Å². The molecule has 4 aliphatic rings. The lowest BCUT2D eigenvalue weighted by Crippen LogP contribution is -2.70. The Morgan fingerprint density at radius 2 is 1.03 bits per heavy atom. The molecular weight excluding hydrogens is 836 g/mol. The van der Waals surface area contributed by atoms with Gasteiger partial charge in [0.2, 0.25) is 11.8 Å². The number of hydrogen-bond donors (Lipinski definition) is 17. The van der Waals surface area contributed by atoms with E-state index < -0.39 is 191 Å². The minimum absolute atomic E-state index is 0.760. The molecule has 2 amide bonds. The van der Waals surface area contributed by atoms with E-state index in [4.69, 9.17) is 43.0 Å². The van der Waals surface area contributed by atoms with Crippen LogP contribution < -0.4 is 10.6 Å². The summed E-state index contributed by atoms with van der Waals surface area (Å²) in [4.78, 5) is 24.5. The molecule has 4 rings (SSSR count). The lowest BCUT2D eigenvalue weighted by molar-refractivity contribution is -0.398. The molecule has 0 aromatic carbocycles. The van der Waals surface area contributed by atoms with E-state index in [2.05, 4.69) is 10.6 Å². The number of carbonyl (C=O) groups is 2. The average molecular weight is 895 g/mol. The third-order valence-electron chi connectivity index (χ3n) is 10.4. The normalized spacial score (nSPS) is 43.5. The molecule has 0 spiro atoms. The Morgan fingerprint density at radius 1 is 0.541 bits per heavy atom. The Kier molecular flexibility index (Phi) is 18.7. The second-order valence-corrected chi connectivity index (χ2v) is 14.9. The zero-order valence-electron chi connectivity index (χ0n) is 33.0. The third-order valence-corrected chi connectivity index (χ3v) is 10.4. The smallest absolute Gasteiger partial charge is 0.217 e. The number of amides is 2. The van der Waals surface area contributed by atoms with Crippen molar-refractivity contribution in [3.8, 4) is 0 Å². The molecule has 0 aliphatic carbocycles. The Morgan fingerprint density at radius 3 is 1.59 bits per heavy atom. The summed E-state index contributed by atoms with van der Waals surface area (Å²) in [5.41, 5.74) is 0. The lowest BCUT2D eigenvalue weighted by Gasteiger charge is -2.51. The fraction of sp³-hybridized carbons (Fsp3) is 0.882. The fourth-order valence-electron chi connectivity index (χ4n) is 7.09. The monoisotopic (exact) mass is 894 g/mol. The van der Waals surface area contributed by atoms with Crippen LogP contribution in [0.4, 0.5) is 0 Å². The number of hydrogen-bond acceptors (Lipinski definition) is 25. The van der Waals surface area contributed by atoms with Crippen LogP contribution in [0.2, 0.25) is 0 Å². The summed E-state index contributed by atoms with van der Waals surface area (Å²) in [6, 6.07) is -3.28. The van der Waals surface area contributed by atoms with Gasteiger partial charge in [-0.1, -0.05) is 0 Å². The van der Waals surface area contributed by atoms with Crippen LogP contribution >= 0.6 is 0 Å². The third kappa shape index (κ3) is 11.8. The van der Waals surface area contributed by atoms with E-state index in [1.54, 1.807) is 0 Å². The maximum absolute atomic E-state index is 12.3. The van der Waals surface area contributed by atoms with Crippen molar-refractivity contribution in [3.05, 3.63) is 11.5 Å². The van der Waals surface area contributed by atoms with Gasteiger partial charge >= 0.3 is 0 Å². The summed E-state index contributed by atoms with van der Waals surface area (Å²) in [5.74, 6) is -3.97. The van der Waals surface area contributed by atoms with Gasteiger partial charge in [0.1, 0.15) is 104 Å². The quantitative estimate of drug-likeness (QED) is 0.0603. The van der Waals surface area contributed by atoms with E-state index in [-0.39, 0.29) is 0 Å². The van der Waals surface area contributed by atoms with Crippen molar-refractivity contribution >= 4 is 11.8 Å². The molecule has 0 aromatic rings. The Labute approximate surface area is 346 Å². The molecule has 61 heavy (non-hydrogen) atoms. The van der Waals surface area contributed by atoms with Crippen molar-refractivity contribution in [2.45, 2.75) is 156 Å². The first-order chi connectivity index (χ1) is 28.7. The highest BCUT2D eigenvalue weighted by Gasteiger charge is 2.57. The van der Waals surface area contributed by atoms with Crippen molar-refractivity contribution in [2.24, 2.45) is 0 Å². The van der Waals surface area contributed by atoms with Crippen molar-refractivity contribution in [2.75, 3.05) is 33.0 Å². The maximum Gasteiger partial charge on any atom is 0.217 e. The lowest BCUT2D eigenvalue weighted by atomic mass is 9.94.